The first-order valence-electron chi connectivity index (χ1n) is 9.71. The Labute approximate surface area is 168 Å². The highest BCUT2D eigenvalue weighted by Crippen LogP contribution is 2.36. The molecule has 2 rings (SSSR count). The van der Waals surface area contributed by atoms with Gasteiger partial charge in [0.05, 0.1) is 17.5 Å². The largest absolute Gasteiger partial charge is 0.417 e. The Bertz CT molecular complexity index is 647. The van der Waals surface area contributed by atoms with Crippen LogP contribution in [0.25, 0.3) is 0 Å². The maximum absolute atomic E-state index is 11.5. The number of carbonyl (C=O) groups excluding carboxylic acids is 1. The minimum Gasteiger partial charge on any atom is -0.417 e. The summed E-state index contributed by atoms with van der Waals surface area (Å²) in [5.74, 6) is 0.502. The van der Waals surface area contributed by atoms with E-state index in [2.05, 4.69) is 44.5 Å². The van der Waals surface area contributed by atoms with Crippen molar-refractivity contribution < 1.29 is 14.3 Å². The highest BCUT2D eigenvalue weighted by Gasteiger charge is 2.36. The number of unbranched alkanes of at least 4 members (excludes halogenated alkanes) is 1. The van der Waals surface area contributed by atoms with Gasteiger partial charge in [-0.3, -0.25) is 4.79 Å². The Morgan fingerprint density at radius 2 is 2.07 bits per heavy atom. The van der Waals surface area contributed by atoms with Crippen LogP contribution in [0.1, 0.15) is 40.0 Å². The van der Waals surface area contributed by atoms with Crippen molar-refractivity contribution in [3.8, 4) is 0 Å². The molecule has 152 valence electrons. The van der Waals surface area contributed by atoms with E-state index in [0.717, 1.165) is 42.1 Å². The lowest BCUT2D eigenvalue weighted by Gasteiger charge is -2.36. The lowest BCUT2D eigenvalue weighted by molar-refractivity contribution is -0.113. The van der Waals surface area contributed by atoms with Crippen molar-refractivity contribution in [3.05, 3.63) is 18.2 Å². The van der Waals surface area contributed by atoms with Gasteiger partial charge in [-0.1, -0.05) is 20.8 Å². The van der Waals surface area contributed by atoms with Crippen molar-refractivity contribution in [2.75, 3.05) is 29.5 Å². The Balaban J connectivity index is 1.66. The second kappa shape index (κ2) is 9.45. The maximum Gasteiger partial charge on any atom is 0.234 e. The van der Waals surface area contributed by atoms with E-state index in [4.69, 9.17) is 4.43 Å². The van der Waals surface area contributed by atoms with Gasteiger partial charge in [-0.2, -0.15) is 0 Å². The highest BCUT2D eigenvalue weighted by atomic mass is 32.2. The molecule has 1 atom stereocenters. The van der Waals surface area contributed by atoms with E-state index < -0.39 is 14.4 Å². The van der Waals surface area contributed by atoms with Gasteiger partial charge in [0.1, 0.15) is 0 Å². The topological polar surface area (TPSA) is 70.6 Å². The van der Waals surface area contributed by atoms with Crippen LogP contribution < -0.4 is 10.6 Å². The molecule has 5 nitrogen and oxygen atoms in total. The zero-order chi connectivity index (χ0) is 20.1. The molecule has 7 heteroatoms. The molecular weight excluding hydrogens is 376 g/mol. The first kappa shape index (κ1) is 22.3. The third-order valence-electron chi connectivity index (χ3n) is 5.36. The molecule has 0 fully saturated rings. The summed E-state index contributed by atoms with van der Waals surface area (Å²) in [4.78, 5) is 12.6. The van der Waals surface area contributed by atoms with Crippen LogP contribution in [0.2, 0.25) is 18.1 Å². The van der Waals surface area contributed by atoms with E-state index in [1.54, 1.807) is 11.8 Å². The molecule has 1 aromatic rings. The van der Waals surface area contributed by atoms with E-state index in [9.17, 15) is 9.90 Å². The number of anilines is 2. The third kappa shape index (κ3) is 6.82. The molecule has 0 aromatic heterocycles. The van der Waals surface area contributed by atoms with Crippen LogP contribution in [-0.4, -0.2) is 44.3 Å². The van der Waals surface area contributed by atoms with Crippen LogP contribution in [0.15, 0.2) is 23.1 Å². The number of hydrogen-bond acceptors (Lipinski definition) is 5. The fourth-order valence-corrected chi connectivity index (χ4v) is 4.43. The molecule has 27 heavy (non-hydrogen) atoms. The van der Waals surface area contributed by atoms with Crippen molar-refractivity contribution in [2.45, 2.75) is 69.2 Å². The van der Waals surface area contributed by atoms with Gasteiger partial charge in [0, 0.05) is 23.7 Å². The van der Waals surface area contributed by atoms with Crippen molar-refractivity contribution in [1.82, 2.24) is 0 Å². The summed E-state index contributed by atoms with van der Waals surface area (Å²) < 4.78 is 6.17. The number of amides is 1. The van der Waals surface area contributed by atoms with Crippen LogP contribution >= 0.6 is 11.8 Å². The highest BCUT2D eigenvalue weighted by molar-refractivity contribution is 8.00. The van der Waals surface area contributed by atoms with Crippen molar-refractivity contribution in [2.24, 2.45) is 0 Å². The normalized spacial score (nSPS) is 15.9. The predicted octanol–water partition coefficient (Wildman–Crippen LogP) is 4.70. The van der Waals surface area contributed by atoms with Gasteiger partial charge in [0.15, 0.2) is 8.32 Å². The molecule has 1 aromatic carbocycles. The van der Waals surface area contributed by atoms with Gasteiger partial charge >= 0.3 is 0 Å². The second-order valence-electron chi connectivity index (χ2n) is 8.69. The summed E-state index contributed by atoms with van der Waals surface area (Å²) in [6.07, 6.45) is 2.30. The van der Waals surface area contributed by atoms with Crippen molar-refractivity contribution in [3.63, 3.8) is 0 Å². The third-order valence-corrected chi connectivity index (χ3v) is 11.0. The molecule has 0 aliphatic carbocycles. The number of aliphatic hydroxyl groups excluding tert-OH is 1. The minimum atomic E-state index is -1.66. The smallest absolute Gasteiger partial charge is 0.234 e. The molecule has 1 aliphatic rings. The molecule has 1 unspecified atom stereocenters. The number of benzene rings is 1. The minimum absolute atomic E-state index is 0.0320. The molecule has 0 spiro atoms. The van der Waals surface area contributed by atoms with E-state index in [0.29, 0.717) is 12.3 Å². The fourth-order valence-electron chi connectivity index (χ4n) is 2.56. The number of carbonyl (C=O) groups is 1. The number of rotatable bonds is 9. The van der Waals surface area contributed by atoms with Crippen LogP contribution in [0.3, 0.4) is 0 Å². The first-order chi connectivity index (χ1) is 12.6. The van der Waals surface area contributed by atoms with E-state index in [1.165, 1.54) is 0 Å². The van der Waals surface area contributed by atoms with Crippen LogP contribution in [-0.2, 0) is 9.22 Å². The van der Waals surface area contributed by atoms with Crippen LogP contribution in [0.4, 0.5) is 11.4 Å². The number of aliphatic hydroxyl groups is 1. The molecule has 0 radical (unpaired) electrons. The summed E-state index contributed by atoms with van der Waals surface area (Å²) in [7, 11) is -1.66. The van der Waals surface area contributed by atoms with Gasteiger partial charge in [-0.05, 0) is 55.6 Å². The van der Waals surface area contributed by atoms with Crippen LogP contribution in [0, 0.1) is 0 Å². The van der Waals surface area contributed by atoms with Gasteiger partial charge < -0.3 is 20.2 Å². The van der Waals surface area contributed by atoms with Gasteiger partial charge in [-0.25, -0.2) is 0 Å². The Morgan fingerprint density at radius 1 is 1.33 bits per heavy atom. The van der Waals surface area contributed by atoms with Crippen molar-refractivity contribution >= 4 is 37.4 Å². The molecule has 0 saturated heterocycles. The van der Waals surface area contributed by atoms with Crippen LogP contribution in [0.5, 0.6) is 0 Å². The van der Waals surface area contributed by atoms with E-state index in [-0.39, 0.29) is 10.9 Å². The molecule has 3 N–H and O–H groups in total. The Morgan fingerprint density at radius 3 is 2.78 bits per heavy atom. The Hall–Kier alpha value is -1.02. The summed E-state index contributed by atoms with van der Waals surface area (Å²) in [6.45, 7) is 12.6. The predicted molar refractivity (Wildman–Crippen MR) is 117 cm³/mol. The maximum atomic E-state index is 11.5. The lowest BCUT2D eigenvalue weighted by atomic mass is 10.1. The number of hydrogen-bond donors (Lipinski definition) is 3. The fraction of sp³-hybridized carbons (Fsp3) is 0.650. The number of thioether (sulfide) groups is 1. The molecule has 0 bridgehead atoms. The van der Waals surface area contributed by atoms with Crippen molar-refractivity contribution in [1.29, 1.82) is 0 Å². The molecule has 0 saturated carbocycles. The summed E-state index contributed by atoms with van der Waals surface area (Å²) in [5.41, 5.74) is 1.76. The zero-order valence-corrected chi connectivity index (χ0v) is 19.0. The summed E-state index contributed by atoms with van der Waals surface area (Å²) >= 11 is 1.55. The first-order valence-corrected chi connectivity index (χ1v) is 13.6. The van der Waals surface area contributed by atoms with E-state index in [1.807, 2.05) is 18.2 Å². The van der Waals surface area contributed by atoms with Gasteiger partial charge in [0.25, 0.3) is 0 Å². The molecule has 1 heterocycles. The van der Waals surface area contributed by atoms with Gasteiger partial charge in [0.2, 0.25) is 5.91 Å². The second-order valence-corrected chi connectivity index (χ2v) is 14.5. The average Bonchev–Trinajstić information content (AvgIpc) is 2.58. The average molecular weight is 411 g/mol. The zero-order valence-electron chi connectivity index (χ0n) is 17.2. The van der Waals surface area contributed by atoms with Gasteiger partial charge in [-0.15, -0.1) is 11.8 Å². The molecular formula is C20H34N2O3SSi. The van der Waals surface area contributed by atoms with E-state index >= 15 is 0 Å². The summed E-state index contributed by atoms with van der Waals surface area (Å²) in [6, 6.07) is 5.93. The monoisotopic (exact) mass is 410 g/mol. The SMILES string of the molecule is CC(C)(C)[Si](C)(C)OCCCCC(O)CNc1ccc2c(c1)NC(=O)CS2. The molecule has 1 amide bonds. The summed E-state index contributed by atoms with van der Waals surface area (Å²) in [5, 5.41) is 16.6. The standard InChI is InChI=1S/C20H34N2O3SSi/c1-20(2,3)27(4,5)25-11-7-6-8-16(23)13-21-15-9-10-18-17(12-15)22-19(24)14-26-18/h9-10,12,16,21,23H,6-8,11,13-14H2,1-5H3,(H,22,24). The Kier molecular flexibility index (Phi) is 7.80. The lowest BCUT2D eigenvalue weighted by Crippen LogP contribution is -2.40. The molecule has 1 aliphatic heterocycles. The quantitative estimate of drug-likeness (QED) is 0.407. The number of fused-ring (bicyclic) bond motifs is 1. The number of nitrogens with one attached hydrogen (secondary N) is 2.